The molecule has 0 aliphatic rings. The number of hydrogen-bond donors (Lipinski definition) is 1. The van der Waals surface area contributed by atoms with E-state index in [9.17, 15) is 13.2 Å². The molecule has 0 radical (unpaired) electrons. The monoisotopic (exact) mass is 535 g/mol. The topological polar surface area (TPSA) is 97.3 Å². The van der Waals surface area contributed by atoms with E-state index >= 15 is 0 Å². The van der Waals surface area contributed by atoms with Crippen LogP contribution in [0, 0.1) is 0 Å². The molecule has 35 heavy (non-hydrogen) atoms. The van der Waals surface area contributed by atoms with Gasteiger partial charge in [-0.2, -0.15) is 9.41 Å². The van der Waals surface area contributed by atoms with Gasteiger partial charge in [0.15, 0.2) is 11.5 Å². The molecule has 0 bridgehead atoms. The number of ether oxygens (including phenoxy) is 2. The lowest BCUT2D eigenvalue weighted by Crippen LogP contribution is -2.39. The molecule has 0 atom stereocenters. The van der Waals surface area contributed by atoms with Crippen molar-refractivity contribution < 1.29 is 22.7 Å². The van der Waals surface area contributed by atoms with Crippen molar-refractivity contribution in [3.05, 3.63) is 87.9 Å². The summed E-state index contributed by atoms with van der Waals surface area (Å²) in [6, 6.07) is 17.5. The summed E-state index contributed by atoms with van der Waals surface area (Å²) in [5.74, 6) is 0.443. The third-order valence-corrected chi connectivity index (χ3v) is 7.16. The highest BCUT2D eigenvalue weighted by Gasteiger charge is 2.27. The molecule has 11 heteroatoms. The molecule has 0 fully saturated rings. The lowest BCUT2D eigenvalue weighted by atomic mass is 10.2. The number of amides is 1. The first kappa shape index (κ1) is 26.5. The highest BCUT2D eigenvalue weighted by molar-refractivity contribution is 7.89. The van der Waals surface area contributed by atoms with Gasteiger partial charge in [0.2, 0.25) is 10.0 Å². The lowest BCUT2D eigenvalue weighted by Gasteiger charge is -2.21. The fourth-order valence-electron chi connectivity index (χ4n) is 3.08. The quantitative estimate of drug-likeness (QED) is 0.307. The van der Waals surface area contributed by atoms with Crippen LogP contribution in [0.3, 0.4) is 0 Å². The van der Waals surface area contributed by atoms with Gasteiger partial charge >= 0.3 is 0 Å². The maximum Gasteiger partial charge on any atom is 0.255 e. The summed E-state index contributed by atoms with van der Waals surface area (Å²) in [6.45, 7) is -0.508. The molecular formula is C24H23Cl2N3O5S. The van der Waals surface area contributed by atoms with E-state index in [2.05, 4.69) is 10.5 Å². The summed E-state index contributed by atoms with van der Waals surface area (Å²) in [5.41, 5.74) is 3.67. The Hall–Kier alpha value is -3.11. The summed E-state index contributed by atoms with van der Waals surface area (Å²) in [4.78, 5) is 12.6. The molecule has 0 heterocycles. The van der Waals surface area contributed by atoms with Gasteiger partial charge in [-0.15, -0.1) is 0 Å². The molecular weight excluding hydrogens is 513 g/mol. The molecule has 0 aliphatic carbocycles. The number of nitrogens with zero attached hydrogens (tertiary/aromatic N) is 2. The molecule has 184 valence electrons. The number of halogens is 2. The van der Waals surface area contributed by atoms with Gasteiger partial charge in [0, 0.05) is 16.6 Å². The molecule has 0 saturated heterocycles. The Kier molecular flexibility index (Phi) is 9.11. The van der Waals surface area contributed by atoms with E-state index in [0.717, 1.165) is 4.31 Å². The number of nitrogens with one attached hydrogen (secondary N) is 1. The summed E-state index contributed by atoms with van der Waals surface area (Å²) in [5, 5.41) is 4.85. The summed E-state index contributed by atoms with van der Waals surface area (Å²) in [6.07, 6.45) is 1.41. The molecule has 0 saturated carbocycles. The Morgan fingerprint density at radius 1 is 0.943 bits per heavy atom. The zero-order valence-corrected chi connectivity index (χ0v) is 21.3. The summed E-state index contributed by atoms with van der Waals surface area (Å²) >= 11 is 11.8. The predicted molar refractivity (Wildman–Crippen MR) is 136 cm³/mol. The number of hydrazone groups is 1. The van der Waals surface area contributed by atoms with Crippen molar-refractivity contribution in [3.63, 3.8) is 0 Å². The van der Waals surface area contributed by atoms with Gasteiger partial charge < -0.3 is 9.47 Å². The van der Waals surface area contributed by atoms with E-state index in [1.54, 1.807) is 42.5 Å². The van der Waals surface area contributed by atoms with Gasteiger partial charge in [-0.05, 0) is 65.7 Å². The first-order chi connectivity index (χ1) is 16.7. The summed E-state index contributed by atoms with van der Waals surface area (Å²) in [7, 11) is -0.978. The highest BCUT2D eigenvalue weighted by Crippen LogP contribution is 2.27. The molecule has 3 aromatic carbocycles. The number of carbonyl (C=O) groups excluding carboxylic acids is 1. The largest absolute Gasteiger partial charge is 0.493 e. The van der Waals surface area contributed by atoms with Crippen LogP contribution in [-0.2, 0) is 21.4 Å². The number of hydrogen-bond acceptors (Lipinski definition) is 6. The van der Waals surface area contributed by atoms with Crippen LogP contribution in [0.4, 0.5) is 0 Å². The van der Waals surface area contributed by atoms with Crippen molar-refractivity contribution in [1.29, 1.82) is 0 Å². The molecule has 0 aromatic heterocycles. The van der Waals surface area contributed by atoms with Crippen molar-refractivity contribution in [2.45, 2.75) is 11.4 Å². The van der Waals surface area contributed by atoms with Crippen LogP contribution in [0.2, 0.25) is 10.0 Å². The van der Waals surface area contributed by atoms with Gasteiger partial charge in [-0.1, -0.05) is 35.3 Å². The molecule has 3 rings (SSSR count). The minimum atomic E-state index is -4.02. The van der Waals surface area contributed by atoms with Crippen LogP contribution in [0.25, 0.3) is 0 Å². The number of rotatable bonds is 10. The zero-order chi connectivity index (χ0) is 25.4. The van der Waals surface area contributed by atoms with E-state index in [-0.39, 0.29) is 11.4 Å². The first-order valence-electron chi connectivity index (χ1n) is 10.3. The molecule has 0 unspecified atom stereocenters. The Labute approximate surface area is 214 Å². The normalized spacial score (nSPS) is 11.6. The van der Waals surface area contributed by atoms with Gasteiger partial charge in [-0.25, -0.2) is 13.8 Å². The molecule has 1 N–H and O–H groups in total. The minimum Gasteiger partial charge on any atom is -0.493 e. The average molecular weight is 536 g/mol. The maximum absolute atomic E-state index is 13.3. The van der Waals surface area contributed by atoms with Crippen LogP contribution < -0.4 is 14.9 Å². The second kappa shape index (κ2) is 12.0. The minimum absolute atomic E-state index is 0.0116. The van der Waals surface area contributed by atoms with Crippen LogP contribution in [0.15, 0.2) is 76.7 Å². The Bertz CT molecular complexity index is 1300. The van der Waals surface area contributed by atoms with E-state index < -0.39 is 22.5 Å². The smallest absolute Gasteiger partial charge is 0.255 e. The van der Waals surface area contributed by atoms with Crippen LogP contribution in [0.5, 0.6) is 11.5 Å². The van der Waals surface area contributed by atoms with Crippen molar-refractivity contribution in [2.75, 3.05) is 20.8 Å². The number of benzene rings is 3. The third-order valence-electron chi connectivity index (χ3n) is 4.85. The van der Waals surface area contributed by atoms with Crippen molar-refractivity contribution >= 4 is 45.3 Å². The number of carbonyl (C=O) groups is 1. The van der Waals surface area contributed by atoms with E-state index in [0.29, 0.717) is 32.7 Å². The molecule has 0 aliphatic heterocycles. The SMILES string of the molecule is COc1ccc(/C=N\NC(=O)CN(Cc2ccc(Cl)cc2)S(=O)(=O)c2ccc(Cl)cc2)cc1OC. The van der Waals surface area contributed by atoms with E-state index in [1.807, 2.05) is 0 Å². The Balaban J connectivity index is 1.77. The summed E-state index contributed by atoms with van der Waals surface area (Å²) < 4.78 is 38.1. The zero-order valence-electron chi connectivity index (χ0n) is 18.9. The second-order valence-corrected chi connectivity index (χ2v) is 10.1. The van der Waals surface area contributed by atoms with Gasteiger partial charge in [0.05, 0.1) is 31.9 Å². The first-order valence-corrected chi connectivity index (χ1v) is 12.5. The van der Waals surface area contributed by atoms with Crippen LogP contribution >= 0.6 is 23.2 Å². The standard InChI is InChI=1S/C24H23Cl2N3O5S/c1-33-22-12-5-18(13-23(22)34-2)14-27-28-24(30)16-29(15-17-3-6-19(25)7-4-17)35(31,32)21-10-8-20(26)9-11-21/h3-14H,15-16H2,1-2H3,(H,28,30)/b27-14-. The fourth-order valence-corrected chi connectivity index (χ4v) is 4.72. The van der Waals surface area contributed by atoms with Crippen LogP contribution in [-0.4, -0.2) is 45.6 Å². The highest BCUT2D eigenvalue weighted by atomic mass is 35.5. The predicted octanol–water partition coefficient (Wildman–Crippen LogP) is 4.35. The van der Waals surface area contributed by atoms with Gasteiger partial charge in [-0.3, -0.25) is 4.79 Å². The van der Waals surface area contributed by atoms with Gasteiger partial charge in [0.25, 0.3) is 5.91 Å². The number of sulfonamides is 1. The van der Waals surface area contributed by atoms with Crippen LogP contribution in [0.1, 0.15) is 11.1 Å². The molecule has 3 aromatic rings. The molecule has 8 nitrogen and oxygen atoms in total. The Morgan fingerprint density at radius 3 is 2.14 bits per heavy atom. The molecule has 1 amide bonds. The molecule has 0 spiro atoms. The fraction of sp³-hybridized carbons (Fsp3) is 0.167. The van der Waals surface area contributed by atoms with Crippen molar-refractivity contribution in [1.82, 2.24) is 9.73 Å². The average Bonchev–Trinajstić information content (AvgIpc) is 2.85. The lowest BCUT2D eigenvalue weighted by molar-refractivity contribution is -0.121. The Morgan fingerprint density at radius 2 is 1.54 bits per heavy atom. The van der Waals surface area contributed by atoms with Gasteiger partial charge in [0.1, 0.15) is 0 Å². The van der Waals surface area contributed by atoms with Crippen molar-refractivity contribution in [2.24, 2.45) is 5.10 Å². The number of methoxy groups -OCH3 is 2. The van der Waals surface area contributed by atoms with E-state index in [1.165, 1.54) is 44.7 Å². The maximum atomic E-state index is 13.3. The van der Waals surface area contributed by atoms with E-state index in [4.69, 9.17) is 32.7 Å². The third kappa shape index (κ3) is 7.19. The van der Waals surface area contributed by atoms with Crippen molar-refractivity contribution in [3.8, 4) is 11.5 Å². The second-order valence-electron chi connectivity index (χ2n) is 7.26.